The predicted molar refractivity (Wildman–Crippen MR) is 65.3 cm³/mol. The summed E-state index contributed by atoms with van der Waals surface area (Å²) in [6.45, 7) is 9.06. The second-order valence-corrected chi connectivity index (χ2v) is 5.79. The van der Waals surface area contributed by atoms with Crippen LogP contribution in [-0.2, 0) is 5.41 Å². The Balaban J connectivity index is 2.83. The van der Waals surface area contributed by atoms with Crippen LogP contribution in [0, 0.1) is 6.92 Å². The number of rotatable bonds is 0. The molecule has 2 aromatic rings. The van der Waals surface area contributed by atoms with Gasteiger partial charge in [0.15, 0.2) is 0 Å². The Hall–Kier alpha value is -0.820. The van der Waals surface area contributed by atoms with Crippen LogP contribution in [0.1, 0.15) is 31.9 Å². The molecule has 0 atom stereocenters. The van der Waals surface area contributed by atoms with E-state index >= 15 is 0 Å². The van der Waals surface area contributed by atoms with Crippen LogP contribution in [0.4, 0.5) is 0 Å². The third-order valence-electron chi connectivity index (χ3n) is 2.59. The first-order valence-corrected chi connectivity index (χ1v) is 5.85. The number of hydrogen-bond donors (Lipinski definition) is 0. The van der Waals surface area contributed by atoms with Crippen molar-refractivity contribution in [2.45, 2.75) is 33.1 Å². The van der Waals surface area contributed by atoms with Gasteiger partial charge in [0.1, 0.15) is 0 Å². The fraction of sp³-hybridized carbons (Fsp3) is 0.385. The minimum absolute atomic E-state index is 0.241. The van der Waals surface area contributed by atoms with Crippen molar-refractivity contribution in [2.24, 2.45) is 0 Å². The third kappa shape index (κ3) is 1.46. The molecule has 74 valence electrons. The Bertz CT molecular complexity index is 458. The largest absolute Gasteiger partial charge is 0.144 e. The summed E-state index contributed by atoms with van der Waals surface area (Å²) in [5.41, 5.74) is 3.14. The Labute approximate surface area is 89.6 Å². The highest BCUT2D eigenvalue weighted by Gasteiger charge is 2.19. The fourth-order valence-electron chi connectivity index (χ4n) is 2.15. The molecule has 0 spiro atoms. The lowest BCUT2D eigenvalue weighted by Gasteiger charge is -2.22. The lowest BCUT2D eigenvalue weighted by Crippen LogP contribution is -2.13. The van der Waals surface area contributed by atoms with E-state index in [1.165, 1.54) is 21.2 Å². The average Bonchev–Trinajstić information content (AvgIpc) is 2.48. The number of benzene rings is 1. The summed E-state index contributed by atoms with van der Waals surface area (Å²) in [6, 6.07) is 6.71. The van der Waals surface area contributed by atoms with Crippen molar-refractivity contribution < 1.29 is 0 Å². The first kappa shape index (κ1) is 9.72. The molecule has 0 aliphatic carbocycles. The van der Waals surface area contributed by atoms with Crippen LogP contribution in [-0.4, -0.2) is 0 Å². The molecule has 0 radical (unpaired) electrons. The van der Waals surface area contributed by atoms with Crippen molar-refractivity contribution in [2.75, 3.05) is 0 Å². The van der Waals surface area contributed by atoms with Crippen LogP contribution in [0.25, 0.3) is 10.1 Å². The van der Waals surface area contributed by atoms with E-state index in [2.05, 4.69) is 51.3 Å². The highest BCUT2D eigenvalue weighted by atomic mass is 32.1. The van der Waals surface area contributed by atoms with Crippen LogP contribution >= 0.6 is 11.3 Å². The molecule has 1 heterocycles. The number of thiophene rings is 1. The van der Waals surface area contributed by atoms with Gasteiger partial charge in [-0.25, -0.2) is 0 Å². The first-order valence-electron chi connectivity index (χ1n) is 4.97. The van der Waals surface area contributed by atoms with Gasteiger partial charge in [-0.1, -0.05) is 26.8 Å². The summed E-state index contributed by atoms with van der Waals surface area (Å²) in [4.78, 5) is 0. The van der Waals surface area contributed by atoms with Crippen molar-refractivity contribution in [3.8, 4) is 0 Å². The molecule has 14 heavy (non-hydrogen) atoms. The topological polar surface area (TPSA) is 0 Å². The lowest BCUT2D eigenvalue weighted by molar-refractivity contribution is 0.592. The van der Waals surface area contributed by atoms with Crippen LogP contribution in [0.2, 0.25) is 0 Å². The maximum Gasteiger partial charge on any atom is 0.0345 e. The van der Waals surface area contributed by atoms with E-state index in [1.807, 2.05) is 11.3 Å². The summed E-state index contributed by atoms with van der Waals surface area (Å²) in [5, 5.41) is 3.61. The van der Waals surface area contributed by atoms with Gasteiger partial charge < -0.3 is 0 Å². The molecule has 0 saturated carbocycles. The minimum Gasteiger partial charge on any atom is -0.144 e. The molecule has 2 rings (SSSR count). The second kappa shape index (κ2) is 3.09. The SMILES string of the molecule is Cc1ccc2sccc2c1C(C)(C)C. The highest BCUT2D eigenvalue weighted by molar-refractivity contribution is 7.17. The van der Waals surface area contributed by atoms with Gasteiger partial charge in [0.05, 0.1) is 0 Å². The summed E-state index contributed by atoms with van der Waals surface area (Å²) in [5.74, 6) is 0. The smallest absolute Gasteiger partial charge is 0.0345 e. The molecule has 1 aromatic carbocycles. The van der Waals surface area contributed by atoms with E-state index in [0.717, 1.165) is 0 Å². The number of aryl methyl sites for hydroxylation is 1. The van der Waals surface area contributed by atoms with Crippen molar-refractivity contribution in [1.82, 2.24) is 0 Å². The molecule has 0 bridgehead atoms. The third-order valence-corrected chi connectivity index (χ3v) is 3.48. The van der Waals surface area contributed by atoms with Gasteiger partial charge in [-0.2, -0.15) is 0 Å². The second-order valence-electron chi connectivity index (χ2n) is 4.84. The molecule has 1 aromatic heterocycles. The van der Waals surface area contributed by atoms with Crippen molar-refractivity contribution in [3.63, 3.8) is 0 Å². The lowest BCUT2D eigenvalue weighted by atomic mass is 9.82. The summed E-state index contributed by atoms with van der Waals surface area (Å²) < 4.78 is 1.40. The minimum atomic E-state index is 0.241. The van der Waals surface area contributed by atoms with Gasteiger partial charge in [-0.15, -0.1) is 11.3 Å². The van der Waals surface area contributed by atoms with E-state index in [9.17, 15) is 0 Å². The van der Waals surface area contributed by atoms with Crippen LogP contribution in [0.5, 0.6) is 0 Å². The maximum atomic E-state index is 2.28. The molecular formula is C13H16S. The normalized spacial score (nSPS) is 12.3. The van der Waals surface area contributed by atoms with Crippen LogP contribution in [0.3, 0.4) is 0 Å². The highest BCUT2D eigenvalue weighted by Crippen LogP contribution is 2.34. The molecule has 0 aliphatic rings. The van der Waals surface area contributed by atoms with Gasteiger partial charge in [0.25, 0.3) is 0 Å². The maximum absolute atomic E-state index is 2.28. The van der Waals surface area contributed by atoms with E-state index in [-0.39, 0.29) is 5.41 Å². The molecule has 0 unspecified atom stereocenters. The van der Waals surface area contributed by atoms with E-state index in [1.54, 1.807) is 0 Å². The molecule has 0 N–H and O–H groups in total. The number of hydrogen-bond acceptors (Lipinski definition) is 1. The van der Waals surface area contributed by atoms with E-state index in [0.29, 0.717) is 0 Å². The zero-order valence-corrected chi connectivity index (χ0v) is 10.0. The van der Waals surface area contributed by atoms with Gasteiger partial charge in [0.2, 0.25) is 0 Å². The summed E-state index contributed by atoms with van der Waals surface area (Å²) in [6.07, 6.45) is 0. The fourth-order valence-corrected chi connectivity index (χ4v) is 2.94. The summed E-state index contributed by atoms with van der Waals surface area (Å²) in [7, 11) is 0. The predicted octanol–water partition coefficient (Wildman–Crippen LogP) is 4.51. The van der Waals surface area contributed by atoms with Crippen LogP contribution < -0.4 is 0 Å². The average molecular weight is 204 g/mol. The van der Waals surface area contributed by atoms with Gasteiger partial charge in [-0.05, 0) is 46.4 Å². The zero-order chi connectivity index (χ0) is 10.3. The van der Waals surface area contributed by atoms with Gasteiger partial charge >= 0.3 is 0 Å². The number of fused-ring (bicyclic) bond motifs is 1. The van der Waals surface area contributed by atoms with Crippen molar-refractivity contribution in [3.05, 3.63) is 34.7 Å². The quantitative estimate of drug-likeness (QED) is 0.592. The molecular weight excluding hydrogens is 188 g/mol. The van der Waals surface area contributed by atoms with Crippen molar-refractivity contribution in [1.29, 1.82) is 0 Å². The molecule has 0 amide bonds. The molecule has 0 aliphatic heterocycles. The molecule has 0 fully saturated rings. The standard InChI is InChI=1S/C13H16S/c1-9-5-6-11-10(7-8-14-11)12(9)13(2,3)4/h5-8H,1-4H3. The Kier molecular flexibility index (Phi) is 2.15. The Morgan fingerprint density at radius 2 is 1.79 bits per heavy atom. The first-order chi connectivity index (χ1) is 6.50. The Morgan fingerprint density at radius 1 is 1.07 bits per heavy atom. The van der Waals surface area contributed by atoms with E-state index in [4.69, 9.17) is 0 Å². The molecule has 1 heteroatoms. The Morgan fingerprint density at radius 3 is 2.43 bits per heavy atom. The molecule has 0 saturated heterocycles. The monoisotopic (exact) mass is 204 g/mol. The summed E-state index contributed by atoms with van der Waals surface area (Å²) >= 11 is 1.83. The van der Waals surface area contributed by atoms with E-state index < -0.39 is 0 Å². The van der Waals surface area contributed by atoms with Gasteiger partial charge in [0, 0.05) is 4.70 Å². The molecule has 0 nitrogen and oxygen atoms in total. The van der Waals surface area contributed by atoms with Gasteiger partial charge in [-0.3, -0.25) is 0 Å². The zero-order valence-electron chi connectivity index (χ0n) is 9.22. The van der Waals surface area contributed by atoms with Crippen LogP contribution in [0.15, 0.2) is 23.6 Å². The van der Waals surface area contributed by atoms with Crippen molar-refractivity contribution >= 4 is 21.4 Å².